The zero-order valence-electron chi connectivity index (χ0n) is 15.4. The topological polar surface area (TPSA) is 38.7 Å². The van der Waals surface area contributed by atoms with E-state index < -0.39 is 0 Å². The second kappa shape index (κ2) is 14.2. The number of morpholine rings is 1. The van der Waals surface area contributed by atoms with E-state index in [0.717, 1.165) is 50.7 Å². The van der Waals surface area contributed by atoms with Crippen molar-refractivity contribution >= 4 is 0 Å². The predicted molar refractivity (Wildman–Crippen MR) is 95.4 cm³/mol. The van der Waals surface area contributed by atoms with Crippen molar-refractivity contribution in [1.82, 2.24) is 0 Å². The first-order valence-corrected chi connectivity index (χ1v) is 9.94. The van der Waals surface area contributed by atoms with Gasteiger partial charge in [0.2, 0.25) is 0 Å². The summed E-state index contributed by atoms with van der Waals surface area (Å²) in [5.74, 6) is 0. The van der Waals surface area contributed by atoms with Crippen LogP contribution in [0.3, 0.4) is 0 Å². The van der Waals surface area contributed by atoms with Crippen molar-refractivity contribution in [2.75, 3.05) is 52.8 Å². The Kier molecular flexibility index (Phi) is 12.9. The molecule has 0 aliphatic carbocycles. The maximum Gasteiger partial charge on any atom is 0.183 e. The van der Waals surface area contributed by atoms with Gasteiger partial charge in [-0.1, -0.05) is 64.7 Å². The molecule has 1 fully saturated rings. The Morgan fingerprint density at radius 2 is 1.43 bits per heavy atom. The summed E-state index contributed by atoms with van der Waals surface area (Å²) in [7, 11) is 0. The van der Waals surface area contributed by atoms with Crippen molar-refractivity contribution in [3.05, 3.63) is 0 Å². The number of nitrogens with zero attached hydrogens (tertiary/aromatic N) is 1. The largest absolute Gasteiger partial charge is 0.391 e. The van der Waals surface area contributed by atoms with E-state index in [1.807, 2.05) is 0 Å². The molecule has 0 aromatic heterocycles. The minimum atomic E-state index is 0.238. The van der Waals surface area contributed by atoms with Crippen LogP contribution in [-0.4, -0.2) is 62.4 Å². The van der Waals surface area contributed by atoms with Crippen molar-refractivity contribution in [3.63, 3.8) is 0 Å². The molecule has 0 spiro atoms. The van der Waals surface area contributed by atoms with Gasteiger partial charge in [0.05, 0.1) is 26.4 Å². The van der Waals surface area contributed by atoms with Gasteiger partial charge in [-0.15, -0.1) is 0 Å². The number of ether oxygens (including phenoxy) is 2. The first-order chi connectivity index (χ1) is 11.3. The highest BCUT2D eigenvalue weighted by Crippen LogP contribution is 2.13. The van der Waals surface area contributed by atoms with Gasteiger partial charge in [0.15, 0.2) is 6.73 Å². The van der Waals surface area contributed by atoms with Crippen LogP contribution in [-0.2, 0) is 9.47 Å². The molecule has 0 radical (unpaired) electrons. The van der Waals surface area contributed by atoms with Crippen LogP contribution in [0.5, 0.6) is 0 Å². The summed E-state index contributed by atoms with van der Waals surface area (Å²) >= 11 is 0. The highest BCUT2D eigenvalue weighted by atomic mass is 16.5. The molecule has 1 heterocycles. The third kappa shape index (κ3) is 10.3. The number of unbranched alkanes of at least 4 members (excludes halogenated alkanes) is 9. The van der Waals surface area contributed by atoms with Crippen LogP contribution in [0.25, 0.3) is 0 Å². The maximum absolute atomic E-state index is 9.26. The summed E-state index contributed by atoms with van der Waals surface area (Å²) in [6.45, 7) is 8.43. The van der Waals surface area contributed by atoms with Crippen LogP contribution in [0.1, 0.15) is 71.1 Å². The van der Waals surface area contributed by atoms with E-state index >= 15 is 0 Å². The lowest BCUT2D eigenvalue weighted by atomic mass is 10.1. The fourth-order valence-electron chi connectivity index (χ4n) is 3.31. The van der Waals surface area contributed by atoms with Gasteiger partial charge in [-0.3, -0.25) is 4.48 Å². The predicted octanol–water partition coefficient (Wildman–Crippen LogP) is 3.72. The van der Waals surface area contributed by atoms with Crippen molar-refractivity contribution in [2.24, 2.45) is 0 Å². The molecule has 1 saturated heterocycles. The van der Waals surface area contributed by atoms with Gasteiger partial charge in [-0.2, -0.15) is 0 Å². The van der Waals surface area contributed by atoms with E-state index in [-0.39, 0.29) is 6.61 Å². The minimum Gasteiger partial charge on any atom is -0.391 e. The monoisotopic (exact) mass is 330 g/mol. The van der Waals surface area contributed by atoms with Crippen molar-refractivity contribution in [3.8, 4) is 0 Å². The van der Waals surface area contributed by atoms with Gasteiger partial charge in [0.25, 0.3) is 0 Å². The standard InChI is InChI=1S/C19H40NO3/c1-2-3-4-5-6-7-8-9-10-11-16-23-19-20(12-15-21)13-17-22-18-14-20/h21H,2-19H2,1H3/q+1. The van der Waals surface area contributed by atoms with E-state index in [1.54, 1.807) is 0 Å². The number of hydrogen-bond acceptors (Lipinski definition) is 3. The summed E-state index contributed by atoms with van der Waals surface area (Å²) in [5, 5.41) is 9.26. The lowest BCUT2D eigenvalue weighted by Gasteiger charge is -2.40. The van der Waals surface area contributed by atoms with E-state index in [1.165, 1.54) is 64.2 Å². The maximum atomic E-state index is 9.26. The SMILES string of the molecule is CCCCCCCCCCCCOC[N+]1(CCO)CCOCC1. The first kappa shape index (κ1) is 20.9. The van der Waals surface area contributed by atoms with Crippen LogP contribution in [0.4, 0.5) is 0 Å². The van der Waals surface area contributed by atoms with Gasteiger partial charge >= 0.3 is 0 Å². The number of aliphatic hydroxyl groups excluding tert-OH is 1. The quantitative estimate of drug-likeness (QED) is 0.367. The molecule has 0 aromatic carbocycles. The number of quaternary nitrogens is 1. The molecule has 4 heteroatoms. The number of rotatable bonds is 15. The Morgan fingerprint density at radius 3 is 2.00 bits per heavy atom. The average molecular weight is 331 g/mol. The lowest BCUT2D eigenvalue weighted by Crippen LogP contribution is -2.57. The van der Waals surface area contributed by atoms with Gasteiger partial charge in [0, 0.05) is 0 Å². The molecule has 23 heavy (non-hydrogen) atoms. The van der Waals surface area contributed by atoms with Crippen LogP contribution in [0, 0.1) is 0 Å². The Morgan fingerprint density at radius 1 is 0.870 bits per heavy atom. The summed E-state index contributed by atoms with van der Waals surface area (Å²) in [5.41, 5.74) is 0. The zero-order valence-corrected chi connectivity index (χ0v) is 15.4. The van der Waals surface area contributed by atoms with Crippen LogP contribution in [0.2, 0.25) is 0 Å². The fraction of sp³-hybridized carbons (Fsp3) is 1.00. The van der Waals surface area contributed by atoms with Crippen LogP contribution in [0.15, 0.2) is 0 Å². The Bertz CT molecular complexity index is 249. The third-order valence-electron chi connectivity index (χ3n) is 5.00. The summed E-state index contributed by atoms with van der Waals surface area (Å²) in [4.78, 5) is 0. The second-order valence-corrected chi connectivity index (χ2v) is 7.07. The van der Waals surface area contributed by atoms with E-state index in [9.17, 15) is 5.11 Å². The highest BCUT2D eigenvalue weighted by Gasteiger charge is 2.29. The molecule has 0 unspecified atom stereocenters. The van der Waals surface area contributed by atoms with E-state index in [4.69, 9.17) is 9.47 Å². The summed E-state index contributed by atoms with van der Waals surface area (Å²) < 4.78 is 12.2. The Labute approximate surface area is 143 Å². The first-order valence-electron chi connectivity index (χ1n) is 9.94. The molecule has 1 N–H and O–H groups in total. The summed E-state index contributed by atoms with van der Waals surface area (Å²) in [6, 6.07) is 0. The van der Waals surface area contributed by atoms with E-state index in [0.29, 0.717) is 0 Å². The van der Waals surface area contributed by atoms with Crippen LogP contribution < -0.4 is 0 Å². The van der Waals surface area contributed by atoms with Crippen molar-refractivity contribution in [1.29, 1.82) is 0 Å². The summed E-state index contributed by atoms with van der Waals surface area (Å²) in [6.07, 6.45) is 13.6. The molecule has 4 nitrogen and oxygen atoms in total. The van der Waals surface area contributed by atoms with Gasteiger partial charge in [-0.05, 0) is 6.42 Å². The molecule has 0 atom stereocenters. The molecule has 0 bridgehead atoms. The fourth-order valence-corrected chi connectivity index (χ4v) is 3.31. The zero-order chi connectivity index (χ0) is 16.6. The molecule has 1 aliphatic heterocycles. The van der Waals surface area contributed by atoms with Gasteiger partial charge < -0.3 is 14.6 Å². The number of hydrogen-bond donors (Lipinski definition) is 1. The second-order valence-electron chi connectivity index (χ2n) is 7.07. The Balaban J connectivity index is 1.90. The van der Waals surface area contributed by atoms with Crippen LogP contribution >= 0.6 is 0 Å². The molecule has 138 valence electrons. The third-order valence-corrected chi connectivity index (χ3v) is 5.00. The van der Waals surface area contributed by atoms with Crippen molar-refractivity contribution in [2.45, 2.75) is 71.1 Å². The Hall–Kier alpha value is -0.160. The average Bonchev–Trinajstić information content (AvgIpc) is 2.57. The van der Waals surface area contributed by atoms with Crippen molar-refractivity contribution < 1.29 is 19.1 Å². The molecular formula is C19H40NO3+. The lowest BCUT2D eigenvalue weighted by molar-refractivity contribution is -0.952. The minimum absolute atomic E-state index is 0.238. The smallest absolute Gasteiger partial charge is 0.183 e. The normalized spacial score (nSPS) is 17.5. The molecule has 1 rings (SSSR count). The number of aliphatic hydroxyl groups is 1. The molecule has 0 amide bonds. The molecule has 0 aromatic rings. The molecule has 1 aliphatic rings. The molecular weight excluding hydrogens is 290 g/mol. The highest BCUT2D eigenvalue weighted by molar-refractivity contribution is 4.49. The molecule has 0 saturated carbocycles. The van der Waals surface area contributed by atoms with Gasteiger partial charge in [0.1, 0.15) is 19.6 Å². The van der Waals surface area contributed by atoms with Gasteiger partial charge in [-0.25, -0.2) is 0 Å². The van der Waals surface area contributed by atoms with E-state index in [2.05, 4.69) is 6.92 Å².